The minimum Gasteiger partial charge on any atom is -0.380 e. The SMILES string of the molecule is CCCCCCC(C)CNC(=O)CC(C)(C)COCC(C)(C)CNC(=O)CC(C)(C)COCC(C)(C)CNC. The first-order valence-electron chi connectivity index (χ1n) is 15.3. The molecule has 0 radical (unpaired) electrons. The number of hydrogen-bond acceptors (Lipinski definition) is 5. The van der Waals surface area contributed by atoms with Gasteiger partial charge in [0.1, 0.15) is 0 Å². The van der Waals surface area contributed by atoms with Gasteiger partial charge in [-0.05, 0) is 30.2 Å². The lowest BCUT2D eigenvalue weighted by Crippen LogP contribution is -2.40. The molecule has 0 heterocycles. The second kappa shape index (κ2) is 18.3. The maximum atomic E-state index is 12.7. The normalized spacial score (nSPS) is 13.8. The Morgan fingerprint density at radius 3 is 1.62 bits per heavy atom. The molecule has 0 bridgehead atoms. The summed E-state index contributed by atoms with van der Waals surface area (Å²) in [6.07, 6.45) is 7.08. The third-order valence-electron chi connectivity index (χ3n) is 6.87. The molecule has 0 aliphatic carbocycles. The van der Waals surface area contributed by atoms with Crippen LogP contribution in [0.1, 0.15) is 114 Å². The molecule has 0 aliphatic heterocycles. The fourth-order valence-electron chi connectivity index (χ4n) is 4.53. The van der Waals surface area contributed by atoms with Crippen molar-refractivity contribution in [3.05, 3.63) is 0 Å². The Hall–Kier alpha value is -1.18. The van der Waals surface area contributed by atoms with Crippen LogP contribution < -0.4 is 16.0 Å². The highest BCUT2D eigenvalue weighted by Gasteiger charge is 2.28. The van der Waals surface area contributed by atoms with Crippen molar-refractivity contribution in [1.82, 2.24) is 16.0 Å². The average Bonchev–Trinajstić information content (AvgIpc) is 2.78. The monoisotopic (exact) mass is 555 g/mol. The number of carbonyl (C=O) groups excluding carboxylic acids is 2. The number of amides is 2. The van der Waals surface area contributed by atoms with E-state index in [0.717, 1.165) is 13.1 Å². The maximum absolute atomic E-state index is 12.7. The van der Waals surface area contributed by atoms with Gasteiger partial charge in [0.05, 0.1) is 26.4 Å². The van der Waals surface area contributed by atoms with Crippen molar-refractivity contribution in [3.8, 4) is 0 Å². The van der Waals surface area contributed by atoms with Gasteiger partial charge >= 0.3 is 0 Å². The molecular formula is C32H65N3O4. The van der Waals surface area contributed by atoms with Gasteiger partial charge in [0.2, 0.25) is 11.8 Å². The smallest absolute Gasteiger partial charge is 0.220 e. The molecule has 0 aromatic rings. The molecule has 0 saturated heterocycles. The van der Waals surface area contributed by atoms with Crippen molar-refractivity contribution >= 4 is 11.8 Å². The Labute approximate surface area is 241 Å². The molecule has 2 amide bonds. The van der Waals surface area contributed by atoms with E-state index < -0.39 is 0 Å². The van der Waals surface area contributed by atoms with Crippen LogP contribution in [0.3, 0.4) is 0 Å². The van der Waals surface area contributed by atoms with Crippen LogP contribution in [-0.2, 0) is 19.1 Å². The second-order valence-electron chi connectivity index (χ2n) is 15.1. The zero-order chi connectivity index (χ0) is 30.2. The number of nitrogens with one attached hydrogen (secondary N) is 3. The van der Waals surface area contributed by atoms with Crippen LogP contribution in [0.2, 0.25) is 0 Å². The molecule has 1 unspecified atom stereocenters. The molecule has 0 rings (SSSR count). The zero-order valence-corrected chi connectivity index (χ0v) is 27.6. The molecule has 0 saturated carbocycles. The average molecular weight is 556 g/mol. The summed E-state index contributed by atoms with van der Waals surface area (Å²) in [6, 6.07) is 0. The van der Waals surface area contributed by atoms with Crippen LogP contribution in [-0.4, -0.2) is 64.9 Å². The summed E-state index contributed by atoms with van der Waals surface area (Å²) in [7, 11) is 1.95. The number of rotatable bonds is 23. The highest BCUT2D eigenvalue weighted by molar-refractivity contribution is 5.77. The zero-order valence-electron chi connectivity index (χ0n) is 27.6. The second-order valence-corrected chi connectivity index (χ2v) is 15.1. The third-order valence-corrected chi connectivity index (χ3v) is 6.87. The van der Waals surface area contributed by atoms with Crippen molar-refractivity contribution in [2.24, 2.45) is 27.6 Å². The molecule has 1 atom stereocenters. The number of hydrogen-bond donors (Lipinski definition) is 3. The van der Waals surface area contributed by atoms with E-state index in [2.05, 4.69) is 85.2 Å². The summed E-state index contributed by atoms with van der Waals surface area (Å²) in [6.45, 7) is 25.6. The van der Waals surface area contributed by atoms with Gasteiger partial charge in [0, 0.05) is 43.3 Å². The summed E-state index contributed by atoms with van der Waals surface area (Å²) >= 11 is 0. The lowest BCUT2D eigenvalue weighted by atomic mass is 9.88. The van der Waals surface area contributed by atoms with E-state index >= 15 is 0 Å². The molecule has 39 heavy (non-hydrogen) atoms. The maximum Gasteiger partial charge on any atom is 0.220 e. The van der Waals surface area contributed by atoms with Crippen molar-refractivity contribution in [2.45, 2.75) is 114 Å². The molecule has 0 aromatic heterocycles. The van der Waals surface area contributed by atoms with Crippen LogP contribution in [0.4, 0.5) is 0 Å². The van der Waals surface area contributed by atoms with Crippen molar-refractivity contribution < 1.29 is 19.1 Å². The standard InChI is InChI=1S/C32H65N3O4/c1-12-13-14-15-16-26(2)19-34-27(36)17-29(3,4)22-39-25-32(9,10)21-35-28(37)18-30(5,6)23-38-24-31(7,8)20-33-11/h26,33H,12-25H2,1-11H3,(H,34,36)(H,35,37). The third kappa shape index (κ3) is 21.3. The van der Waals surface area contributed by atoms with Crippen LogP contribution in [0.5, 0.6) is 0 Å². The van der Waals surface area contributed by atoms with Crippen LogP contribution in [0, 0.1) is 27.6 Å². The molecule has 3 N–H and O–H groups in total. The molecule has 0 spiro atoms. The minimum absolute atomic E-state index is 0.0303. The van der Waals surface area contributed by atoms with Gasteiger partial charge in [-0.15, -0.1) is 0 Å². The van der Waals surface area contributed by atoms with Gasteiger partial charge in [-0.1, -0.05) is 94.9 Å². The lowest BCUT2D eigenvalue weighted by molar-refractivity contribution is -0.126. The number of unbranched alkanes of at least 4 members (excludes halogenated alkanes) is 3. The first kappa shape index (κ1) is 37.8. The van der Waals surface area contributed by atoms with Crippen molar-refractivity contribution in [1.29, 1.82) is 0 Å². The van der Waals surface area contributed by atoms with Gasteiger partial charge in [-0.2, -0.15) is 0 Å². The Bertz CT molecular complexity index is 689. The number of carbonyl (C=O) groups is 2. The van der Waals surface area contributed by atoms with E-state index in [0.29, 0.717) is 51.7 Å². The van der Waals surface area contributed by atoms with Crippen LogP contribution in [0.25, 0.3) is 0 Å². The molecule has 232 valence electrons. The predicted octanol–water partition coefficient (Wildman–Crippen LogP) is 5.96. The molecule has 0 aliphatic rings. The Kier molecular flexibility index (Phi) is 17.7. The van der Waals surface area contributed by atoms with Crippen molar-refractivity contribution in [3.63, 3.8) is 0 Å². The Balaban J connectivity index is 4.32. The molecule has 7 heteroatoms. The Morgan fingerprint density at radius 2 is 1.13 bits per heavy atom. The van der Waals surface area contributed by atoms with Gasteiger partial charge < -0.3 is 25.4 Å². The van der Waals surface area contributed by atoms with Gasteiger partial charge in [0.15, 0.2) is 0 Å². The van der Waals surface area contributed by atoms with E-state index in [1.807, 2.05) is 7.05 Å². The fraction of sp³-hybridized carbons (Fsp3) is 0.938. The van der Waals surface area contributed by atoms with Gasteiger partial charge in [-0.25, -0.2) is 0 Å². The molecular weight excluding hydrogens is 490 g/mol. The first-order chi connectivity index (χ1) is 17.9. The van der Waals surface area contributed by atoms with E-state index in [4.69, 9.17) is 9.47 Å². The number of ether oxygens (including phenoxy) is 2. The lowest BCUT2D eigenvalue weighted by Gasteiger charge is -2.30. The van der Waals surface area contributed by atoms with Gasteiger partial charge in [-0.3, -0.25) is 9.59 Å². The molecule has 7 nitrogen and oxygen atoms in total. The first-order valence-corrected chi connectivity index (χ1v) is 15.3. The highest BCUT2D eigenvalue weighted by atomic mass is 16.5. The van der Waals surface area contributed by atoms with Crippen molar-refractivity contribution in [2.75, 3.05) is 53.1 Å². The van der Waals surface area contributed by atoms with E-state index in [1.165, 1.54) is 32.1 Å². The largest absolute Gasteiger partial charge is 0.380 e. The summed E-state index contributed by atoms with van der Waals surface area (Å²) in [5, 5.41) is 9.39. The Morgan fingerprint density at radius 1 is 0.667 bits per heavy atom. The minimum atomic E-state index is -0.250. The molecule has 0 aromatic carbocycles. The predicted molar refractivity (Wildman–Crippen MR) is 164 cm³/mol. The van der Waals surface area contributed by atoms with Crippen LogP contribution >= 0.6 is 0 Å². The van der Waals surface area contributed by atoms with E-state index in [1.54, 1.807) is 0 Å². The van der Waals surface area contributed by atoms with Crippen LogP contribution in [0.15, 0.2) is 0 Å². The van der Waals surface area contributed by atoms with Gasteiger partial charge in [0.25, 0.3) is 0 Å². The summed E-state index contributed by atoms with van der Waals surface area (Å²) in [4.78, 5) is 25.2. The van der Waals surface area contributed by atoms with E-state index in [9.17, 15) is 9.59 Å². The topological polar surface area (TPSA) is 88.7 Å². The fourth-order valence-corrected chi connectivity index (χ4v) is 4.53. The highest BCUT2D eigenvalue weighted by Crippen LogP contribution is 2.25. The summed E-state index contributed by atoms with van der Waals surface area (Å²) in [5.41, 5.74) is -0.641. The molecule has 0 fully saturated rings. The quantitative estimate of drug-likeness (QED) is 0.135. The summed E-state index contributed by atoms with van der Waals surface area (Å²) in [5.74, 6) is 0.630. The van der Waals surface area contributed by atoms with E-state index in [-0.39, 0.29) is 33.5 Å². The summed E-state index contributed by atoms with van der Waals surface area (Å²) < 4.78 is 12.0.